The maximum Gasteiger partial charge on any atom is 0.0972 e. The SMILES string of the molecule is CC1C=Nc2c(c(-c3cccc4c5ccc(-c6ccc7c(c6)-c6ccc(-c8ccc9ccc%10cccnc%10c9n8)cc6C7(C)C)cc5c5ccccc5c34)cc3ccc(-c4ccc5c(c4)C(C)(C)c4cccc(-c6ccc7c8ccccc8c8ccccc8c7c6)c4-5)nc23)C1. The molecule has 17 aromatic rings. The van der Waals surface area contributed by atoms with E-state index >= 15 is 0 Å². The fourth-order valence-corrected chi connectivity index (χ4v) is 17.3. The summed E-state index contributed by atoms with van der Waals surface area (Å²) in [6.45, 7) is 11.8. The minimum atomic E-state index is -0.230. The van der Waals surface area contributed by atoms with E-state index in [4.69, 9.17) is 19.9 Å². The van der Waals surface area contributed by atoms with E-state index in [1.54, 1.807) is 0 Å². The molecule has 2 aliphatic carbocycles. The van der Waals surface area contributed by atoms with Gasteiger partial charge in [-0.25, -0.2) is 9.97 Å². The lowest BCUT2D eigenvalue weighted by atomic mass is 9.81. The zero-order chi connectivity index (χ0) is 63.2. The van der Waals surface area contributed by atoms with E-state index < -0.39 is 0 Å². The number of aliphatic imine (C=N–C) groups is 1. The summed E-state index contributed by atoms with van der Waals surface area (Å²) in [4.78, 5) is 20.9. The van der Waals surface area contributed by atoms with Crippen LogP contribution in [0.25, 0.3) is 175 Å². The molecule has 0 saturated heterocycles. The van der Waals surface area contributed by atoms with Gasteiger partial charge < -0.3 is 0 Å². The van der Waals surface area contributed by atoms with Crippen LogP contribution in [-0.2, 0) is 17.3 Å². The first kappa shape index (κ1) is 54.1. The van der Waals surface area contributed by atoms with Gasteiger partial charge in [-0.05, 0) is 215 Å². The van der Waals surface area contributed by atoms with E-state index in [-0.39, 0.29) is 16.7 Å². The molecule has 4 heteroatoms. The van der Waals surface area contributed by atoms with Crippen LogP contribution in [0, 0.1) is 5.92 Å². The maximum absolute atomic E-state index is 5.62. The summed E-state index contributed by atoms with van der Waals surface area (Å²) in [6, 6.07) is 95.6. The lowest BCUT2D eigenvalue weighted by Crippen LogP contribution is -2.15. The molecule has 3 aromatic heterocycles. The van der Waals surface area contributed by atoms with Crippen molar-refractivity contribution < 1.29 is 0 Å². The zero-order valence-corrected chi connectivity index (χ0v) is 53.5. The first-order chi connectivity index (χ1) is 46.5. The molecule has 4 nitrogen and oxygen atoms in total. The maximum atomic E-state index is 5.62. The number of rotatable bonds is 5. The Kier molecular flexibility index (Phi) is 11.3. The van der Waals surface area contributed by atoms with Gasteiger partial charge in [-0.2, -0.15) is 0 Å². The number of nitrogens with zero attached hydrogens (tertiary/aromatic N) is 4. The third-order valence-electron chi connectivity index (χ3n) is 22.0. The molecule has 1 unspecified atom stereocenters. The third-order valence-corrected chi connectivity index (χ3v) is 22.0. The highest BCUT2D eigenvalue weighted by Crippen LogP contribution is 2.55. The molecule has 0 bridgehead atoms. The van der Waals surface area contributed by atoms with Gasteiger partial charge in [0.05, 0.1) is 33.6 Å². The first-order valence-corrected chi connectivity index (χ1v) is 33.5. The predicted molar refractivity (Wildman–Crippen MR) is 401 cm³/mol. The Balaban J connectivity index is 0.663. The van der Waals surface area contributed by atoms with Gasteiger partial charge in [-0.15, -0.1) is 0 Å². The van der Waals surface area contributed by atoms with E-state index in [9.17, 15) is 0 Å². The molecule has 446 valence electrons. The van der Waals surface area contributed by atoms with Gasteiger partial charge in [0.2, 0.25) is 0 Å². The second-order valence-corrected chi connectivity index (χ2v) is 28.0. The Morgan fingerprint density at radius 2 is 0.853 bits per heavy atom. The topological polar surface area (TPSA) is 51.0 Å². The summed E-state index contributed by atoms with van der Waals surface area (Å²) in [5.74, 6) is 0.274. The molecule has 0 radical (unpaired) electrons. The summed E-state index contributed by atoms with van der Waals surface area (Å²) in [7, 11) is 0. The Morgan fingerprint density at radius 1 is 0.326 bits per heavy atom. The molecule has 20 rings (SSSR count). The van der Waals surface area contributed by atoms with Gasteiger partial charge in [-0.3, -0.25) is 9.98 Å². The smallest absolute Gasteiger partial charge is 0.0972 e. The van der Waals surface area contributed by atoms with Gasteiger partial charge in [0.25, 0.3) is 0 Å². The third kappa shape index (κ3) is 7.83. The molecule has 0 fully saturated rings. The number of hydrogen-bond donors (Lipinski definition) is 0. The van der Waals surface area contributed by atoms with Crippen molar-refractivity contribution in [3.63, 3.8) is 0 Å². The number of benzene rings is 14. The van der Waals surface area contributed by atoms with Crippen LogP contribution in [0.1, 0.15) is 62.4 Å². The van der Waals surface area contributed by atoms with Crippen LogP contribution < -0.4 is 0 Å². The molecule has 1 aliphatic heterocycles. The monoisotopic (exact) mass is 1210 g/mol. The van der Waals surface area contributed by atoms with E-state index in [0.29, 0.717) is 0 Å². The van der Waals surface area contributed by atoms with Crippen molar-refractivity contribution >= 4 is 109 Å². The average Bonchev–Trinajstić information content (AvgIpc) is 1.70. The number of pyridine rings is 3. The molecule has 4 heterocycles. The summed E-state index contributed by atoms with van der Waals surface area (Å²) >= 11 is 0. The fourth-order valence-electron chi connectivity index (χ4n) is 17.3. The van der Waals surface area contributed by atoms with E-state index in [2.05, 4.69) is 290 Å². The van der Waals surface area contributed by atoms with E-state index in [0.717, 1.165) is 67.3 Å². The Morgan fingerprint density at radius 3 is 1.59 bits per heavy atom. The van der Waals surface area contributed by atoms with E-state index in [1.165, 1.54) is 148 Å². The molecule has 95 heavy (non-hydrogen) atoms. The molecule has 14 aromatic carbocycles. The van der Waals surface area contributed by atoms with Gasteiger partial charge >= 0.3 is 0 Å². The summed E-state index contributed by atoms with van der Waals surface area (Å²) < 4.78 is 0. The Bertz CT molecular complexity index is 6280. The standard InChI is InChI=1S/C91H62N4/c1-51-43-77-75(47-59-34-41-83(95-88(59)89(77)93-50-51)58-31-38-72-81(49-58)91(4,5)79-25-13-22-60(85(72)79)56-29-36-66-63-18-7-6-16-61(63)62-17-8-9-19-64(62)74(66)46-56)71-24-12-23-70-67-35-28-54(44-73(67)65-20-10-11-21-69(65)84(70)71)55-32-39-78-76(45-55)68-37-30-57(48-80(68)90(78,2)3)82-40-33-53-27-26-52-15-14-42-92-86(52)87(53)94-82/h6-42,44-51H,43H2,1-5H3. The van der Waals surface area contributed by atoms with Crippen LogP contribution in [0.5, 0.6) is 0 Å². The summed E-state index contributed by atoms with van der Waals surface area (Å²) in [6.07, 6.45) is 4.87. The normalized spacial score (nSPS) is 15.0. The minimum Gasteiger partial charge on any atom is -0.258 e. The highest BCUT2D eigenvalue weighted by atomic mass is 14.8. The van der Waals surface area contributed by atoms with Crippen LogP contribution in [0.4, 0.5) is 5.69 Å². The van der Waals surface area contributed by atoms with Crippen molar-refractivity contribution in [3.05, 3.63) is 289 Å². The fraction of sp³-hybridized carbons (Fsp3) is 0.0989. The largest absolute Gasteiger partial charge is 0.258 e. The van der Waals surface area contributed by atoms with Crippen LogP contribution in [-0.4, -0.2) is 21.2 Å². The van der Waals surface area contributed by atoms with Gasteiger partial charge in [0.1, 0.15) is 0 Å². The molecule has 0 saturated carbocycles. The molecular formula is C91H62N4. The van der Waals surface area contributed by atoms with Crippen LogP contribution in [0.2, 0.25) is 0 Å². The molecule has 0 amide bonds. The molecular weight excluding hydrogens is 1150 g/mol. The van der Waals surface area contributed by atoms with Crippen LogP contribution in [0.15, 0.2) is 266 Å². The molecule has 0 N–H and O–H groups in total. The average molecular weight is 1210 g/mol. The lowest BCUT2D eigenvalue weighted by molar-refractivity contribution is 0.660. The quantitative estimate of drug-likeness (QED) is 0.161. The summed E-state index contributed by atoms with van der Waals surface area (Å²) in [5, 5.41) is 18.5. The van der Waals surface area contributed by atoms with Crippen LogP contribution >= 0.6 is 0 Å². The van der Waals surface area contributed by atoms with Crippen molar-refractivity contribution in [2.75, 3.05) is 0 Å². The predicted octanol–water partition coefficient (Wildman–Crippen LogP) is 24.1. The second kappa shape index (κ2) is 19.8. The highest BCUT2D eigenvalue weighted by Gasteiger charge is 2.39. The molecule has 0 spiro atoms. The summed E-state index contributed by atoms with van der Waals surface area (Å²) in [5.41, 5.74) is 26.7. The van der Waals surface area contributed by atoms with Gasteiger partial charge in [0, 0.05) is 50.5 Å². The molecule has 1 atom stereocenters. The van der Waals surface area contributed by atoms with Crippen molar-refractivity contribution in [1.82, 2.24) is 15.0 Å². The van der Waals surface area contributed by atoms with Crippen LogP contribution in [0.3, 0.4) is 0 Å². The van der Waals surface area contributed by atoms with Crippen molar-refractivity contribution in [2.24, 2.45) is 10.9 Å². The number of fused-ring (bicyclic) bond motifs is 24. The Hall–Kier alpha value is -11.5. The van der Waals surface area contributed by atoms with Gasteiger partial charge in [0.15, 0.2) is 0 Å². The Labute approximate surface area is 550 Å². The van der Waals surface area contributed by atoms with Crippen molar-refractivity contribution in [2.45, 2.75) is 51.9 Å². The van der Waals surface area contributed by atoms with Gasteiger partial charge in [-0.1, -0.05) is 235 Å². The van der Waals surface area contributed by atoms with Crippen molar-refractivity contribution in [1.29, 1.82) is 0 Å². The number of hydrogen-bond acceptors (Lipinski definition) is 4. The second-order valence-electron chi connectivity index (χ2n) is 28.0. The zero-order valence-electron chi connectivity index (χ0n) is 53.5. The first-order valence-electron chi connectivity index (χ1n) is 33.5. The number of aromatic nitrogens is 3. The minimum absolute atomic E-state index is 0.191. The highest BCUT2D eigenvalue weighted by molar-refractivity contribution is 6.30. The van der Waals surface area contributed by atoms with E-state index in [1.807, 2.05) is 12.3 Å². The molecule has 3 aliphatic rings. The lowest BCUT2D eigenvalue weighted by Gasteiger charge is -2.23. The van der Waals surface area contributed by atoms with Crippen molar-refractivity contribution in [3.8, 4) is 78.1 Å².